The van der Waals surface area contributed by atoms with Gasteiger partial charge in [-0.1, -0.05) is 0 Å². The molecule has 1 aromatic rings. The van der Waals surface area contributed by atoms with Gasteiger partial charge in [0.1, 0.15) is 17.8 Å². The molecule has 0 aromatic carbocycles. The van der Waals surface area contributed by atoms with Crippen LogP contribution in [0.5, 0.6) is 0 Å². The summed E-state index contributed by atoms with van der Waals surface area (Å²) >= 11 is 0. The van der Waals surface area contributed by atoms with E-state index in [4.69, 9.17) is 4.74 Å². The second kappa shape index (κ2) is 4.74. The van der Waals surface area contributed by atoms with Gasteiger partial charge in [-0.25, -0.2) is 9.67 Å². The lowest BCUT2D eigenvalue weighted by molar-refractivity contribution is -0.136. The highest BCUT2D eigenvalue weighted by molar-refractivity contribution is 5.87. The molecule has 0 bridgehead atoms. The molecule has 0 N–H and O–H groups in total. The number of ether oxygens (including phenoxy) is 1. The van der Waals surface area contributed by atoms with Crippen molar-refractivity contribution in [2.24, 2.45) is 0 Å². The summed E-state index contributed by atoms with van der Waals surface area (Å²) < 4.78 is 6.90. The summed E-state index contributed by atoms with van der Waals surface area (Å²) in [6.07, 6.45) is 1.72. The normalized spacial score (nSPS) is 12.1. The summed E-state index contributed by atoms with van der Waals surface area (Å²) in [5, 5.41) is 4.09. The molecule has 0 spiro atoms. The summed E-state index contributed by atoms with van der Waals surface area (Å²) in [6.45, 7) is 7.52. The van der Waals surface area contributed by atoms with E-state index in [9.17, 15) is 4.79 Å². The molecule has 90 valence electrons. The van der Waals surface area contributed by atoms with Gasteiger partial charge < -0.3 is 4.74 Å². The smallest absolute Gasteiger partial charge is 0.171 e. The molecule has 5 heteroatoms. The summed E-state index contributed by atoms with van der Waals surface area (Å²) in [5.74, 6) is 0.690. The Bertz CT molecular complexity index is 369. The first kappa shape index (κ1) is 12.8. The molecule has 0 saturated carbocycles. The Kier molecular flexibility index (Phi) is 3.80. The van der Waals surface area contributed by atoms with Gasteiger partial charge in [-0.05, 0) is 27.7 Å². The highest BCUT2D eigenvalue weighted by atomic mass is 16.5. The molecule has 0 saturated heterocycles. The number of aromatic nitrogens is 3. The predicted molar refractivity (Wildman–Crippen MR) is 60.2 cm³/mol. The topological polar surface area (TPSA) is 57.0 Å². The maximum atomic E-state index is 11.9. The fraction of sp³-hybridized carbons (Fsp3) is 0.727. The van der Waals surface area contributed by atoms with Crippen LogP contribution in [-0.2, 0) is 16.0 Å². The Hall–Kier alpha value is -1.23. The van der Waals surface area contributed by atoms with Crippen molar-refractivity contribution in [1.82, 2.24) is 14.8 Å². The van der Waals surface area contributed by atoms with E-state index in [-0.39, 0.29) is 18.2 Å². The number of nitrogens with zero attached hydrogens (tertiary/aromatic N) is 3. The summed E-state index contributed by atoms with van der Waals surface area (Å²) in [6, 6.07) is 0.205. The van der Waals surface area contributed by atoms with Gasteiger partial charge in [-0.2, -0.15) is 5.10 Å². The number of methoxy groups -OCH3 is 1. The Morgan fingerprint density at radius 2 is 2.19 bits per heavy atom. The zero-order valence-electron chi connectivity index (χ0n) is 10.5. The minimum absolute atomic E-state index is 0.00454. The average Bonchev–Trinajstić information content (AvgIpc) is 2.65. The molecule has 1 rings (SSSR count). The van der Waals surface area contributed by atoms with Crippen LogP contribution in [0.15, 0.2) is 6.33 Å². The lowest BCUT2D eigenvalue weighted by Crippen LogP contribution is -2.35. The van der Waals surface area contributed by atoms with Crippen molar-refractivity contribution in [3.05, 3.63) is 12.2 Å². The lowest BCUT2D eigenvalue weighted by Gasteiger charge is -2.21. The molecule has 0 amide bonds. The molecular formula is C11H19N3O2. The van der Waals surface area contributed by atoms with Crippen LogP contribution in [0.1, 0.15) is 39.6 Å². The van der Waals surface area contributed by atoms with E-state index >= 15 is 0 Å². The highest BCUT2D eigenvalue weighted by Gasteiger charge is 2.28. The van der Waals surface area contributed by atoms with Crippen LogP contribution in [0.3, 0.4) is 0 Å². The third-order valence-electron chi connectivity index (χ3n) is 2.64. The Morgan fingerprint density at radius 3 is 2.69 bits per heavy atom. The Labute approximate surface area is 95.8 Å². The van der Waals surface area contributed by atoms with Crippen molar-refractivity contribution in [1.29, 1.82) is 0 Å². The third kappa shape index (κ3) is 2.66. The largest absolute Gasteiger partial charge is 0.371 e. The number of hydrogen-bond acceptors (Lipinski definition) is 4. The van der Waals surface area contributed by atoms with Gasteiger partial charge in [0.2, 0.25) is 0 Å². The Balaban J connectivity index is 2.81. The van der Waals surface area contributed by atoms with E-state index in [1.165, 1.54) is 13.4 Å². The molecule has 5 nitrogen and oxygen atoms in total. The average molecular weight is 225 g/mol. The lowest BCUT2D eigenvalue weighted by atomic mass is 10.0. The Morgan fingerprint density at radius 1 is 1.56 bits per heavy atom. The molecule has 0 aliphatic heterocycles. The van der Waals surface area contributed by atoms with Crippen LogP contribution < -0.4 is 0 Å². The summed E-state index contributed by atoms with van der Waals surface area (Å²) in [4.78, 5) is 16.0. The molecule has 1 heterocycles. The van der Waals surface area contributed by atoms with Crippen molar-refractivity contribution < 1.29 is 9.53 Å². The quantitative estimate of drug-likeness (QED) is 0.760. The SMILES string of the molecule is COC(C)(C)C(=O)Cc1ncnn1C(C)C. The molecule has 1 aromatic heterocycles. The molecular weight excluding hydrogens is 206 g/mol. The minimum Gasteiger partial charge on any atom is -0.371 e. The molecule has 0 aliphatic carbocycles. The van der Waals surface area contributed by atoms with Gasteiger partial charge in [0.15, 0.2) is 5.78 Å². The van der Waals surface area contributed by atoms with E-state index in [0.29, 0.717) is 5.82 Å². The van der Waals surface area contributed by atoms with Crippen LogP contribution in [0.4, 0.5) is 0 Å². The predicted octanol–water partition coefficient (Wildman–Crippen LogP) is 1.40. The van der Waals surface area contributed by atoms with E-state index in [1.807, 2.05) is 13.8 Å². The second-order valence-corrected chi connectivity index (χ2v) is 4.53. The van der Waals surface area contributed by atoms with Gasteiger partial charge in [0.25, 0.3) is 0 Å². The van der Waals surface area contributed by atoms with Crippen molar-refractivity contribution in [2.45, 2.75) is 45.8 Å². The number of ketones is 1. The number of carbonyl (C=O) groups is 1. The van der Waals surface area contributed by atoms with E-state index < -0.39 is 5.60 Å². The van der Waals surface area contributed by atoms with Crippen molar-refractivity contribution in [2.75, 3.05) is 7.11 Å². The third-order valence-corrected chi connectivity index (χ3v) is 2.64. The maximum Gasteiger partial charge on any atom is 0.171 e. The van der Waals surface area contributed by atoms with Gasteiger partial charge >= 0.3 is 0 Å². The standard InChI is InChI=1S/C11H19N3O2/c1-8(2)14-10(12-7-13-14)6-9(15)11(3,4)16-5/h7-8H,6H2,1-5H3. The first-order chi connectivity index (χ1) is 7.38. The molecule has 0 atom stereocenters. The van der Waals surface area contributed by atoms with Crippen molar-refractivity contribution in [3.8, 4) is 0 Å². The second-order valence-electron chi connectivity index (χ2n) is 4.53. The maximum absolute atomic E-state index is 11.9. The van der Waals surface area contributed by atoms with Gasteiger partial charge in [-0.15, -0.1) is 0 Å². The van der Waals surface area contributed by atoms with Crippen LogP contribution in [-0.4, -0.2) is 33.3 Å². The zero-order chi connectivity index (χ0) is 12.3. The zero-order valence-corrected chi connectivity index (χ0v) is 10.5. The van der Waals surface area contributed by atoms with E-state index in [0.717, 1.165) is 0 Å². The monoisotopic (exact) mass is 225 g/mol. The van der Waals surface area contributed by atoms with Crippen LogP contribution in [0.2, 0.25) is 0 Å². The van der Waals surface area contributed by atoms with Crippen LogP contribution in [0.25, 0.3) is 0 Å². The van der Waals surface area contributed by atoms with Crippen LogP contribution >= 0.6 is 0 Å². The first-order valence-corrected chi connectivity index (χ1v) is 5.35. The van der Waals surface area contributed by atoms with Gasteiger partial charge in [-0.3, -0.25) is 4.79 Å². The van der Waals surface area contributed by atoms with Crippen molar-refractivity contribution in [3.63, 3.8) is 0 Å². The van der Waals surface area contributed by atoms with E-state index in [2.05, 4.69) is 10.1 Å². The molecule has 16 heavy (non-hydrogen) atoms. The minimum atomic E-state index is -0.770. The van der Waals surface area contributed by atoms with Gasteiger partial charge in [0, 0.05) is 13.2 Å². The number of rotatable bonds is 5. The van der Waals surface area contributed by atoms with Crippen molar-refractivity contribution >= 4 is 5.78 Å². The number of hydrogen-bond donors (Lipinski definition) is 0. The van der Waals surface area contributed by atoms with Crippen LogP contribution in [0, 0.1) is 0 Å². The highest BCUT2D eigenvalue weighted by Crippen LogP contribution is 2.13. The summed E-state index contributed by atoms with van der Waals surface area (Å²) in [7, 11) is 1.53. The van der Waals surface area contributed by atoms with Gasteiger partial charge in [0.05, 0.1) is 6.42 Å². The fourth-order valence-electron chi connectivity index (χ4n) is 1.30. The molecule has 0 aliphatic rings. The number of Topliss-reactive ketones (excluding diaryl/α,β-unsaturated/α-hetero) is 1. The number of carbonyl (C=O) groups excluding carboxylic acids is 1. The first-order valence-electron chi connectivity index (χ1n) is 5.35. The van der Waals surface area contributed by atoms with E-state index in [1.54, 1.807) is 18.5 Å². The molecule has 0 fully saturated rings. The summed E-state index contributed by atoms with van der Waals surface area (Å²) in [5.41, 5.74) is -0.770. The molecule has 0 radical (unpaired) electrons. The molecule has 0 unspecified atom stereocenters. The fourth-order valence-corrected chi connectivity index (χ4v) is 1.30.